The number of benzene rings is 2. The van der Waals surface area contributed by atoms with Gasteiger partial charge in [-0.1, -0.05) is 30.3 Å². The first kappa shape index (κ1) is 18.8. The Hall–Kier alpha value is -2.49. The molecule has 0 fully saturated rings. The molecule has 3 N–H and O–H groups in total. The van der Waals surface area contributed by atoms with Gasteiger partial charge in [0.1, 0.15) is 0 Å². The topological polar surface area (TPSA) is 122 Å². The van der Waals surface area contributed by atoms with Gasteiger partial charge in [-0.25, -0.2) is 8.42 Å². The van der Waals surface area contributed by atoms with Crippen molar-refractivity contribution in [3.63, 3.8) is 0 Å². The smallest absolute Gasteiger partial charge is 0.289 e. The number of aliphatic hydroxyl groups is 1. The zero-order valence-electron chi connectivity index (χ0n) is 13.5. The summed E-state index contributed by atoms with van der Waals surface area (Å²) in [6, 6.07) is 11.7. The summed E-state index contributed by atoms with van der Waals surface area (Å²) in [5.41, 5.74) is 0.489. The summed E-state index contributed by atoms with van der Waals surface area (Å²) >= 11 is 0. The molecule has 2 aromatic carbocycles. The monoisotopic (exact) mass is 365 g/mol. The second kappa shape index (κ2) is 8.06. The first-order chi connectivity index (χ1) is 11.8. The molecule has 9 heteroatoms. The van der Waals surface area contributed by atoms with Crippen molar-refractivity contribution < 1.29 is 18.4 Å². The van der Waals surface area contributed by atoms with Crippen molar-refractivity contribution >= 4 is 21.4 Å². The average Bonchev–Trinajstić information content (AvgIpc) is 2.60. The number of para-hydroxylation sites is 2. The Morgan fingerprint density at radius 3 is 2.48 bits per heavy atom. The highest BCUT2D eigenvalue weighted by molar-refractivity contribution is 7.92. The number of hydrogen-bond acceptors (Lipinski definition) is 6. The van der Waals surface area contributed by atoms with Crippen molar-refractivity contribution in [1.29, 1.82) is 0 Å². The van der Waals surface area contributed by atoms with E-state index in [0.717, 1.165) is 6.07 Å². The van der Waals surface area contributed by atoms with Gasteiger partial charge in [-0.15, -0.1) is 0 Å². The minimum atomic E-state index is -4.12. The molecule has 8 nitrogen and oxygen atoms in total. The van der Waals surface area contributed by atoms with E-state index in [1.54, 1.807) is 31.2 Å². The first-order valence-corrected chi connectivity index (χ1v) is 9.02. The van der Waals surface area contributed by atoms with Gasteiger partial charge < -0.3 is 10.4 Å². The summed E-state index contributed by atoms with van der Waals surface area (Å²) in [5.74, 6) is 0. The van der Waals surface area contributed by atoms with Crippen LogP contribution < -0.4 is 10.0 Å². The lowest BCUT2D eigenvalue weighted by Gasteiger charge is -2.15. The molecule has 0 aliphatic rings. The zero-order chi connectivity index (χ0) is 18.4. The molecule has 0 unspecified atom stereocenters. The number of nitro groups is 1. The Morgan fingerprint density at radius 2 is 1.80 bits per heavy atom. The van der Waals surface area contributed by atoms with Crippen LogP contribution in [0.3, 0.4) is 0 Å². The molecule has 0 saturated carbocycles. The van der Waals surface area contributed by atoms with E-state index in [4.69, 9.17) is 5.11 Å². The molecule has 2 rings (SSSR count). The molecule has 0 heterocycles. The fourth-order valence-corrected chi connectivity index (χ4v) is 3.43. The SMILES string of the molecule is C[C@H](CO)NCc1ccccc1NS(=O)(=O)c1ccccc1[N+](=O)[O-]. The van der Waals surface area contributed by atoms with Crippen molar-refractivity contribution in [2.75, 3.05) is 11.3 Å². The third-order valence-corrected chi connectivity index (χ3v) is 4.94. The average molecular weight is 365 g/mol. The maximum absolute atomic E-state index is 12.6. The van der Waals surface area contributed by atoms with E-state index in [9.17, 15) is 18.5 Å². The minimum absolute atomic E-state index is 0.0515. The highest BCUT2D eigenvalue weighted by atomic mass is 32.2. The summed E-state index contributed by atoms with van der Waals surface area (Å²) in [4.78, 5) is 9.95. The van der Waals surface area contributed by atoms with Crippen LogP contribution in [0, 0.1) is 10.1 Å². The van der Waals surface area contributed by atoms with Crippen LogP contribution in [0.25, 0.3) is 0 Å². The van der Waals surface area contributed by atoms with Crippen LogP contribution in [0.5, 0.6) is 0 Å². The quantitative estimate of drug-likeness (QED) is 0.485. The van der Waals surface area contributed by atoms with Crippen LogP contribution in [0.4, 0.5) is 11.4 Å². The molecule has 0 aliphatic heterocycles. The predicted octanol–water partition coefficient (Wildman–Crippen LogP) is 1.87. The van der Waals surface area contributed by atoms with E-state index in [0.29, 0.717) is 17.8 Å². The van der Waals surface area contributed by atoms with Crippen LogP contribution in [-0.2, 0) is 16.6 Å². The maximum Gasteiger partial charge on any atom is 0.289 e. The number of rotatable bonds is 8. The molecule has 0 radical (unpaired) electrons. The number of hydrogen-bond donors (Lipinski definition) is 3. The van der Waals surface area contributed by atoms with Crippen LogP contribution in [-0.4, -0.2) is 31.1 Å². The molecular formula is C16H19N3O5S. The highest BCUT2D eigenvalue weighted by Gasteiger charge is 2.25. The van der Waals surface area contributed by atoms with Crippen LogP contribution in [0.1, 0.15) is 12.5 Å². The van der Waals surface area contributed by atoms with E-state index in [1.807, 2.05) is 0 Å². The van der Waals surface area contributed by atoms with Crippen molar-refractivity contribution in [2.24, 2.45) is 0 Å². The standard InChI is InChI=1S/C16H19N3O5S/c1-12(11-20)17-10-13-6-2-3-7-14(13)18-25(23,24)16-9-5-4-8-15(16)19(21)22/h2-9,12,17-18,20H,10-11H2,1H3/t12-/m1/s1. The summed E-state index contributed by atoms with van der Waals surface area (Å²) in [6.45, 7) is 2.07. The normalized spacial score (nSPS) is 12.6. The Balaban J connectivity index is 2.32. The number of nitro benzene ring substituents is 1. The number of nitrogens with one attached hydrogen (secondary N) is 2. The van der Waals surface area contributed by atoms with Gasteiger partial charge >= 0.3 is 0 Å². The Labute approximate surface area is 145 Å². The van der Waals surface area contributed by atoms with Gasteiger partial charge in [0.2, 0.25) is 0 Å². The molecular weight excluding hydrogens is 346 g/mol. The molecule has 0 aliphatic carbocycles. The van der Waals surface area contributed by atoms with Gasteiger partial charge in [0.25, 0.3) is 15.7 Å². The lowest BCUT2D eigenvalue weighted by atomic mass is 10.2. The Bertz CT molecular complexity index is 854. The van der Waals surface area contributed by atoms with Gasteiger partial charge in [-0.05, 0) is 24.6 Å². The van der Waals surface area contributed by atoms with Crippen LogP contribution in [0.15, 0.2) is 53.4 Å². The lowest BCUT2D eigenvalue weighted by Crippen LogP contribution is -2.29. The number of aliphatic hydroxyl groups excluding tert-OH is 1. The van der Waals surface area contributed by atoms with Gasteiger partial charge in [-0.3, -0.25) is 14.8 Å². The van der Waals surface area contributed by atoms with Gasteiger partial charge in [-0.2, -0.15) is 0 Å². The number of sulfonamides is 1. The van der Waals surface area contributed by atoms with Crippen LogP contribution >= 0.6 is 0 Å². The molecule has 134 valence electrons. The van der Waals surface area contributed by atoms with E-state index in [1.165, 1.54) is 18.2 Å². The van der Waals surface area contributed by atoms with E-state index in [2.05, 4.69) is 10.0 Å². The van der Waals surface area contributed by atoms with Crippen molar-refractivity contribution in [1.82, 2.24) is 5.32 Å². The van der Waals surface area contributed by atoms with E-state index >= 15 is 0 Å². The predicted molar refractivity (Wildman–Crippen MR) is 93.7 cm³/mol. The van der Waals surface area contributed by atoms with Crippen molar-refractivity contribution in [3.8, 4) is 0 Å². The second-order valence-corrected chi connectivity index (χ2v) is 7.10. The molecule has 0 aromatic heterocycles. The molecule has 25 heavy (non-hydrogen) atoms. The van der Waals surface area contributed by atoms with Crippen molar-refractivity contribution in [3.05, 3.63) is 64.2 Å². The summed E-state index contributed by atoms with van der Waals surface area (Å²) < 4.78 is 27.6. The third-order valence-electron chi connectivity index (χ3n) is 3.53. The fourth-order valence-electron chi connectivity index (χ4n) is 2.16. The Morgan fingerprint density at radius 1 is 1.16 bits per heavy atom. The molecule has 0 bridgehead atoms. The van der Waals surface area contributed by atoms with E-state index < -0.39 is 25.5 Å². The van der Waals surface area contributed by atoms with Crippen molar-refractivity contribution in [2.45, 2.75) is 24.4 Å². The van der Waals surface area contributed by atoms with Gasteiger partial charge in [0, 0.05) is 18.7 Å². The third kappa shape index (κ3) is 4.75. The molecule has 0 spiro atoms. The van der Waals surface area contributed by atoms with Crippen LogP contribution in [0.2, 0.25) is 0 Å². The van der Waals surface area contributed by atoms with Gasteiger partial charge in [0.05, 0.1) is 17.2 Å². The second-order valence-electron chi connectivity index (χ2n) is 5.45. The Kier molecular flexibility index (Phi) is 6.07. The number of anilines is 1. The summed E-state index contributed by atoms with van der Waals surface area (Å²) in [7, 11) is -4.12. The fraction of sp³-hybridized carbons (Fsp3) is 0.250. The summed E-state index contributed by atoms with van der Waals surface area (Å²) in [5, 5.41) is 23.2. The number of nitrogens with zero attached hydrogens (tertiary/aromatic N) is 1. The molecule has 2 aromatic rings. The van der Waals surface area contributed by atoms with Gasteiger partial charge in [0.15, 0.2) is 4.90 Å². The first-order valence-electron chi connectivity index (χ1n) is 7.53. The molecule has 1 atom stereocenters. The summed E-state index contributed by atoms with van der Waals surface area (Å²) in [6.07, 6.45) is 0. The zero-order valence-corrected chi connectivity index (χ0v) is 14.4. The maximum atomic E-state index is 12.6. The minimum Gasteiger partial charge on any atom is -0.395 e. The largest absolute Gasteiger partial charge is 0.395 e. The molecule has 0 amide bonds. The molecule has 0 saturated heterocycles. The highest BCUT2D eigenvalue weighted by Crippen LogP contribution is 2.26. The lowest BCUT2D eigenvalue weighted by molar-refractivity contribution is -0.387. The van der Waals surface area contributed by atoms with E-state index in [-0.39, 0.29) is 12.6 Å².